The average Bonchev–Trinajstić information content (AvgIpc) is 2.11. The second-order valence-corrected chi connectivity index (χ2v) is 6.88. The molecule has 0 amide bonds. The summed E-state index contributed by atoms with van der Waals surface area (Å²) in [4.78, 5) is 36.0. The molecule has 108 valence electrons. The maximum atomic E-state index is 12.4. The van der Waals surface area contributed by atoms with Gasteiger partial charge in [0.1, 0.15) is 17.2 Å². The number of carbonyl (C=O) groups excluding carboxylic acids is 3. The molecule has 1 aliphatic rings. The third-order valence-corrected chi connectivity index (χ3v) is 3.83. The monoisotopic (exact) mass is 268 g/mol. The minimum Gasteiger partial charge on any atom is -0.460 e. The topological polar surface area (TPSA) is 60.4 Å². The Bertz CT molecular complexity index is 405. The SMILES string of the molecule is CC(=O)[C@@]1(C)CC(=O)C[C@H](C)[C@@H]1C(=O)OC(C)(C)C. The highest BCUT2D eigenvalue weighted by Gasteiger charge is 2.51. The first-order valence-corrected chi connectivity index (χ1v) is 6.73. The van der Waals surface area contributed by atoms with Gasteiger partial charge in [0.15, 0.2) is 0 Å². The van der Waals surface area contributed by atoms with Crippen molar-refractivity contribution in [1.82, 2.24) is 0 Å². The van der Waals surface area contributed by atoms with Crippen LogP contribution in [0.25, 0.3) is 0 Å². The van der Waals surface area contributed by atoms with Crippen LogP contribution in [-0.2, 0) is 19.1 Å². The summed E-state index contributed by atoms with van der Waals surface area (Å²) in [7, 11) is 0. The van der Waals surface area contributed by atoms with Gasteiger partial charge in [-0.3, -0.25) is 14.4 Å². The maximum absolute atomic E-state index is 12.4. The van der Waals surface area contributed by atoms with Gasteiger partial charge in [-0.2, -0.15) is 0 Å². The van der Waals surface area contributed by atoms with E-state index in [-0.39, 0.29) is 29.9 Å². The highest BCUT2D eigenvalue weighted by molar-refractivity contribution is 5.95. The van der Waals surface area contributed by atoms with Crippen molar-refractivity contribution >= 4 is 17.5 Å². The van der Waals surface area contributed by atoms with Gasteiger partial charge < -0.3 is 4.74 Å². The van der Waals surface area contributed by atoms with Crippen molar-refractivity contribution in [3.8, 4) is 0 Å². The number of hydrogen-bond donors (Lipinski definition) is 0. The Hall–Kier alpha value is -1.19. The largest absolute Gasteiger partial charge is 0.460 e. The van der Waals surface area contributed by atoms with Crippen LogP contribution in [-0.4, -0.2) is 23.1 Å². The Morgan fingerprint density at radius 1 is 1.32 bits per heavy atom. The van der Waals surface area contributed by atoms with Gasteiger partial charge in [-0.25, -0.2) is 0 Å². The maximum Gasteiger partial charge on any atom is 0.310 e. The molecule has 0 spiro atoms. The molecule has 0 N–H and O–H groups in total. The molecule has 0 aromatic rings. The highest BCUT2D eigenvalue weighted by Crippen LogP contribution is 2.44. The molecule has 0 aliphatic heterocycles. The van der Waals surface area contributed by atoms with Crippen LogP contribution >= 0.6 is 0 Å². The van der Waals surface area contributed by atoms with Crippen LogP contribution in [0.3, 0.4) is 0 Å². The third-order valence-electron chi connectivity index (χ3n) is 3.83. The normalized spacial score (nSPS) is 32.0. The molecule has 0 aromatic carbocycles. The molecule has 0 heterocycles. The summed E-state index contributed by atoms with van der Waals surface area (Å²) in [6.45, 7) is 10.4. The minimum atomic E-state index is -0.933. The lowest BCUT2D eigenvalue weighted by atomic mass is 9.61. The fourth-order valence-electron chi connectivity index (χ4n) is 2.90. The molecule has 0 bridgehead atoms. The molecule has 1 fully saturated rings. The highest BCUT2D eigenvalue weighted by atomic mass is 16.6. The smallest absolute Gasteiger partial charge is 0.310 e. The number of carbonyl (C=O) groups is 3. The molecule has 0 radical (unpaired) electrons. The van der Waals surface area contributed by atoms with Gasteiger partial charge in [-0.15, -0.1) is 0 Å². The molecule has 1 rings (SSSR count). The van der Waals surface area contributed by atoms with Crippen molar-refractivity contribution in [1.29, 1.82) is 0 Å². The quantitative estimate of drug-likeness (QED) is 0.722. The first-order valence-electron chi connectivity index (χ1n) is 6.73. The van der Waals surface area contributed by atoms with Crippen LogP contribution in [0.2, 0.25) is 0 Å². The molecular formula is C15H24O4. The molecule has 4 heteroatoms. The summed E-state index contributed by atoms with van der Waals surface area (Å²) in [5.74, 6) is -1.15. The van der Waals surface area contributed by atoms with Crippen molar-refractivity contribution in [2.75, 3.05) is 0 Å². The summed E-state index contributed by atoms with van der Waals surface area (Å²) in [5, 5.41) is 0. The van der Waals surface area contributed by atoms with E-state index in [1.807, 2.05) is 6.92 Å². The summed E-state index contributed by atoms with van der Waals surface area (Å²) in [6.07, 6.45) is 0.476. The van der Waals surface area contributed by atoms with E-state index < -0.39 is 16.9 Å². The second kappa shape index (κ2) is 5.06. The fraction of sp³-hybridized carbons (Fsp3) is 0.800. The van der Waals surface area contributed by atoms with E-state index >= 15 is 0 Å². The van der Waals surface area contributed by atoms with Gasteiger partial charge in [-0.05, 0) is 33.6 Å². The summed E-state index contributed by atoms with van der Waals surface area (Å²) >= 11 is 0. The standard InChI is InChI=1S/C15H24O4/c1-9-7-11(17)8-15(6,10(2)16)12(9)13(18)19-14(3,4)5/h9,12H,7-8H2,1-6H3/t9-,12+,15+/m0/s1. The molecule has 19 heavy (non-hydrogen) atoms. The average molecular weight is 268 g/mol. The Kier molecular flexibility index (Phi) is 4.23. The van der Waals surface area contributed by atoms with Crippen LogP contribution in [0.1, 0.15) is 54.4 Å². The predicted molar refractivity (Wildman–Crippen MR) is 71.5 cm³/mol. The van der Waals surface area contributed by atoms with E-state index in [2.05, 4.69) is 0 Å². The lowest BCUT2D eigenvalue weighted by molar-refractivity contribution is -0.173. The number of esters is 1. The molecule has 3 atom stereocenters. The molecule has 0 saturated heterocycles. The van der Waals surface area contributed by atoms with Crippen molar-refractivity contribution in [3.05, 3.63) is 0 Å². The first kappa shape index (κ1) is 15.9. The lowest BCUT2D eigenvalue weighted by Crippen LogP contribution is -2.49. The van der Waals surface area contributed by atoms with Gasteiger partial charge in [0, 0.05) is 18.3 Å². The van der Waals surface area contributed by atoms with E-state index in [0.29, 0.717) is 6.42 Å². The second-order valence-electron chi connectivity index (χ2n) is 6.88. The van der Waals surface area contributed by atoms with E-state index in [1.54, 1.807) is 27.7 Å². The molecule has 0 unspecified atom stereocenters. The van der Waals surface area contributed by atoms with Crippen molar-refractivity contribution in [2.45, 2.75) is 60.0 Å². The first-order chi connectivity index (χ1) is 8.47. The van der Waals surface area contributed by atoms with Crippen LogP contribution < -0.4 is 0 Å². The van der Waals surface area contributed by atoms with Crippen LogP contribution in [0, 0.1) is 17.3 Å². The van der Waals surface area contributed by atoms with Crippen LogP contribution in [0.5, 0.6) is 0 Å². The van der Waals surface area contributed by atoms with Crippen molar-refractivity contribution in [2.24, 2.45) is 17.3 Å². The Morgan fingerprint density at radius 2 is 1.84 bits per heavy atom. The molecule has 4 nitrogen and oxygen atoms in total. The zero-order valence-electron chi connectivity index (χ0n) is 12.7. The predicted octanol–water partition coefficient (Wildman–Crippen LogP) is 2.54. The van der Waals surface area contributed by atoms with Crippen molar-refractivity contribution < 1.29 is 19.1 Å². The summed E-state index contributed by atoms with van der Waals surface area (Å²) in [6, 6.07) is 0. The third kappa shape index (κ3) is 3.43. The van der Waals surface area contributed by atoms with Gasteiger partial charge >= 0.3 is 5.97 Å². The Balaban J connectivity index is 3.09. The molecule has 0 aromatic heterocycles. The Morgan fingerprint density at radius 3 is 2.26 bits per heavy atom. The minimum absolute atomic E-state index is 0.0463. The van der Waals surface area contributed by atoms with E-state index in [9.17, 15) is 14.4 Å². The van der Waals surface area contributed by atoms with Crippen LogP contribution in [0.4, 0.5) is 0 Å². The molecular weight excluding hydrogens is 244 g/mol. The van der Waals surface area contributed by atoms with E-state index in [0.717, 1.165) is 0 Å². The van der Waals surface area contributed by atoms with Crippen LogP contribution in [0.15, 0.2) is 0 Å². The molecule has 1 aliphatic carbocycles. The number of rotatable bonds is 2. The van der Waals surface area contributed by atoms with Crippen molar-refractivity contribution in [3.63, 3.8) is 0 Å². The van der Waals surface area contributed by atoms with E-state index in [1.165, 1.54) is 6.92 Å². The Labute approximate surface area is 114 Å². The fourth-order valence-corrected chi connectivity index (χ4v) is 2.90. The summed E-state index contributed by atoms with van der Waals surface area (Å²) in [5.41, 5.74) is -1.52. The number of ether oxygens (including phenoxy) is 1. The van der Waals surface area contributed by atoms with Gasteiger partial charge in [0.2, 0.25) is 0 Å². The van der Waals surface area contributed by atoms with E-state index in [4.69, 9.17) is 4.74 Å². The number of Topliss-reactive ketones (excluding diaryl/α,β-unsaturated/α-hetero) is 2. The lowest BCUT2D eigenvalue weighted by Gasteiger charge is -2.41. The van der Waals surface area contributed by atoms with Gasteiger partial charge in [-0.1, -0.05) is 13.8 Å². The zero-order valence-corrected chi connectivity index (χ0v) is 12.7. The van der Waals surface area contributed by atoms with Gasteiger partial charge in [0.05, 0.1) is 5.92 Å². The van der Waals surface area contributed by atoms with Gasteiger partial charge in [0.25, 0.3) is 0 Å². The molecule has 1 saturated carbocycles. The number of ketones is 2. The number of hydrogen-bond acceptors (Lipinski definition) is 4. The summed E-state index contributed by atoms with van der Waals surface area (Å²) < 4.78 is 5.43. The zero-order chi connectivity index (χ0) is 15.0.